The van der Waals surface area contributed by atoms with Crippen molar-refractivity contribution in [3.63, 3.8) is 0 Å². The summed E-state index contributed by atoms with van der Waals surface area (Å²) in [7, 11) is 2.94. The third-order valence-corrected chi connectivity index (χ3v) is 5.11. The maximum absolute atomic E-state index is 12.5. The van der Waals surface area contributed by atoms with Crippen molar-refractivity contribution in [2.75, 3.05) is 0 Å². The summed E-state index contributed by atoms with van der Waals surface area (Å²) in [4.78, 5) is 39.7. The molecule has 10 heteroatoms. The van der Waals surface area contributed by atoms with Crippen LogP contribution in [0.25, 0.3) is 11.2 Å². The Kier molecular flexibility index (Phi) is 6.16. The second-order valence-electron chi connectivity index (χ2n) is 7.44. The Labute approximate surface area is 188 Å². The molecule has 2 aromatic heterocycles. The average molecular weight is 447 g/mol. The van der Waals surface area contributed by atoms with Gasteiger partial charge in [-0.1, -0.05) is 42.5 Å². The zero-order valence-electron chi connectivity index (χ0n) is 18.2. The number of nitrogens with one attached hydrogen (secondary N) is 2. The second-order valence-corrected chi connectivity index (χ2v) is 7.44. The maximum atomic E-state index is 12.5. The van der Waals surface area contributed by atoms with Crippen molar-refractivity contribution >= 4 is 23.3 Å². The molecular formula is C23H23N6O4+. The first-order chi connectivity index (χ1) is 15.9. The summed E-state index contributed by atoms with van der Waals surface area (Å²) in [5.74, 6) is 0.259. The van der Waals surface area contributed by atoms with Crippen molar-refractivity contribution in [3.8, 4) is 5.75 Å². The number of hydrazone groups is 1. The molecule has 0 bridgehead atoms. The molecule has 2 aromatic carbocycles. The maximum Gasteiger partial charge on any atom is 0.333 e. The van der Waals surface area contributed by atoms with Gasteiger partial charge in [-0.05, 0) is 23.3 Å². The number of amides is 1. The third kappa shape index (κ3) is 4.74. The highest BCUT2D eigenvalue weighted by atomic mass is 16.5. The van der Waals surface area contributed by atoms with Crippen LogP contribution in [-0.2, 0) is 32.0 Å². The number of rotatable bonds is 7. The molecule has 0 aliphatic carbocycles. The van der Waals surface area contributed by atoms with Crippen LogP contribution in [0.2, 0.25) is 0 Å². The molecule has 1 amide bonds. The van der Waals surface area contributed by atoms with E-state index < -0.39 is 17.2 Å². The van der Waals surface area contributed by atoms with E-state index in [1.807, 2.05) is 54.6 Å². The molecule has 2 N–H and O–H groups in total. The van der Waals surface area contributed by atoms with Gasteiger partial charge < -0.3 is 4.74 Å². The van der Waals surface area contributed by atoms with Gasteiger partial charge >= 0.3 is 11.2 Å². The van der Waals surface area contributed by atoms with E-state index in [0.29, 0.717) is 18.0 Å². The fourth-order valence-corrected chi connectivity index (χ4v) is 3.37. The Morgan fingerprint density at radius 1 is 1.12 bits per heavy atom. The minimum atomic E-state index is -0.488. The minimum absolute atomic E-state index is 0.148. The molecule has 0 aliphatic rings. The van der Waals surface area contributed by atoms with Crippen LogP contribution in [0.5, 0.6) is 5.75 Å². The van der Waals surface area contributed by atoms with E-state index in [9.17, 15) is 14.4 Å². The highest BCUT2D eigenvalue weighted by molar-refractivity contribution is 5.82. The predicted molar refractivity (Wildman–Crippen MR) is 122 cm³/mol. The first-order valence-electron chi connectivity index (χ1n) is 10.2. The summed E-state index contributed by atoms with van der Waals surface area (Å²) in [6.45, 7) is 0.302. The Bertz CT molecular complexity index is 1450. The highest BCUT2D eigenvalue weighted by Crippen LogP contribution is 2.14. The van der Waals surface area contributed by atoms with Crippen LogP contribution in [0.15, 0.2) is 75.6 Å². The molecule has 0 radical (unpaired) electrons. The molecule has 4 aromatic rings. The molecule has 0 spiro atoms. The number of aryl methyl sites for hydroxylation is 1. The summed E-state index contributed by atoms with van der Waals surface area (Å²) >= 11 is 0. The fourth-order valence-electron chi connectivity index (χ4n) is 3.37. The van der Waals surface area contributed by atoms with Gasteiger partial charge in [-0.2, -0.15) is 5.10 Å². The Hall–Kier alpha value is -4.47. The van der Waals surface area contributed by atoms with Crippen LogP contribution >= 0.6 is 0 Å². The molecule has 0 fully saturated rings. The summed E-state index contributed by atoms with van der Waals surface area (Å²) in [6, 6.07) is 17.2. The topological polar surface area (TPSA) is 114 Å². The van der Waals surface area contributed by atoms with Gasteiger partial charge in [-0.3, -0.25) is 18.7 Å². The van der Waals surface area contributed by atoms with Crippen LogP contribution in [0, 0.1) is 0 Å². The van der Waals surface area contributed by atoms with Gasteiger partial charge in [0.2, 0.25) is 6.33 Å². The molecule has 0 aliphatic heterocycles. The van der Waals surface area contributed by atoms with Gasteiger partial charge in [0.15, 0.2) is 6.54 Å². The molecule has 0 saturated carbocycles. The van der Waals surface area contributed by atoms with Gasteiger partial charge in [-0.15, -0.1) is 0 Å². The van der Waals surface area contributed by atoms with E-state index in [1.165, 1.54) is 28.7 Å². The van der Waals surface area contributed by atoms with E-state index in [-0.39, 0.29) is 12.1 Å². The quantitative estimate of drug-likeness (QED) is 0.245. The van der Waals surface area contributed by atoms with Crippen molar-refractivity contribution in [3.05, 3.63) is 92.9 Å². The molecule has 0 unspecified atom stereocenters. The number of hydrogen-bond donors (Lipinski definition) is 2. The van der Waals surface area contributed by atoms with E-state index in [0.717, 1.165) is 15.7 Å². The number of aromatic amines is 1. The lowest BCUT2D eigenvalue weighted by atomic mass is 10.2. The number of aromatic nitrogens is 4. The Balaban J connectivity index is 1.40. The van der Waals surface area contributed by atoms with E-state index >= 15 is 0 Å². The number of imidazole rings is 1. The lowest BCUT2D eigenvalue weighted by Gasteiger charge is -2.06. The normalized spacial score (nSPS) is 11.2. The first-order valence-corrected chi connectivity index (χ1v) is 10.2. The summed E-state index contributed by atoms with van der Waals surface area (Å²) in [6.07, 6.45) is 2.98. The van der Waals surface area contributed by atoms with Gasteiger partial charge in [0.1, 0.15) is 12.4 Å². The van der Waals surface area contributed by atoms with Crippen LogP contribution in [-0.4, -0.2) is 26.2 Å². The monoisotopic (exact) mass is 447 g/mol. The molecule has 0 saturated heterocycles. The number of ether oxygens (including phenoxy) is 1. The SMILES string of the molecule is Cn1c(=O)c2c([nH]c[n+]2CC(=O)NN=Cc2cccc(OCc3ccccc3)c2)n(C)c1=O. The van der Waals surface area contributed by atoms with Gasteiger partial charge in [0.25, 0.3) is 17.1 Å². The lowest BCUT2D eigenvalue weighted by molar-refractivity contribution is -0.659. The van der Waals surface area contributed by atoms with Crippen LogP contribution < -0.4 is 26.0 Å². The van der Waals surface area contributed by atoms with Crippen LogP contribution in [0.1, 0.15) is 11.1 Å². The Morgan fingerprint density at radius 3 is 2.70 bits per heavy atom. The van der Waals surface area contributed by atoms with Crippen molar-refractivity contribution in [1.82, 2.24) is 19.5 Å². The number of nitrogens with zero attached hydrogens (tertiary/aromatic N) is 4. The number of carbonyl (C=O) groups is 1. The van der Waals surface area contributed by atoms with Crippen molar-refractivity contribution in [2.24, 2.45) is 19.2 Å². The zero-order valence-corrected chi connectivity index (χ0v) is 18.2. The number of hydrogen-bond acceptors (Lipinski definition) is 5. The number of benzene rings is 2. The number of carbonyl (C=O) groups excluding carboxylic acids is 1. The fraction of sp³-hybridized carbons (Fsp3) is 0.174. The summed E-state index contributed by atoms with van der Waals surface area (Å²) < 4.78 is 9.55. The van der Waals surface area contributed by atoms with Crippen LogP contribution in [0.3, 0.4) is 0 Å². The highest BCUT2D eigenvalue weighted by Gasteiger charge is 2.21. The number of fused-ring (bicyclic) bond motifs is 1. The van der Waals surface area contributed by atoms with Gasteiger partial charge in [0, 0.05) is 14.1 Å². The second kappa shape index (κ2) is 9.35. The Morgan fingerprint density at radius 2 is 1.91 bits per heavy atom. The lowest BCUT2D eigenvalue weighted by Crippen LogP contribution is -2.46. The van der Waals surface area contributed by atoms with E-state index in [1.54, 1.807) is 7.05 Å². The third-order valence-electron chi connectivity index (χ3n) is 5.11. The van der Waals surface area contributed by atoms with Gasteiger partial charge in [-0.25, -0.2) is 19.8 Å². The average Bonchev–Trinajstić information content (AvgIpc) is 3.24. The number of H-pyrrole nitrogens is 1. The largest absolute Gasteiger partial charge is 0.489 e. The van der Waals surface area contributed by atoms with E-state index in [4.69, 9.17) is 4.74 Å². The van der Waals surface area contributed by atoms with Crippen molar-refractivity contribution in [2.45, 2.75) is 13.2 Å². The smallest absolute Gasteiger partial charge is 0.333 e. The van der Waals surface area contributed by atoms with Gasteiger partial charge in [0.05, 0.1) is 6.21 Å². The van der Waals surface area contributed by atoms with Crippen molar-refractivity contribution < 1.29 is 14.1 Å². The van der Waals surface area contributed by atoms with Crippen molar-refractivity contribution in [1.29, 1.82) is 0 Å². The summed E-state index contributed by atoms with van der Waals surface area (Å²) in [5.41, 5.74) is 3.89. The first kappa shape index (κ1) is 21.8. The summed E-state index contributed by atoms with van der Waals surface area (Å²) in [5, 5.41) is 3.99. The molecule has 33 heavy (non-hydrogen) atoms. The predicted octanol–water partition coefficient (Wildman–Crippen LogP) is 0.582. The molecule has 2 heterocycles. The molecule has 0 atom stereocenters. The molecule has 168 valence electrons. The molecule has 4 rings (SSSR count). The molecule has 10 nitrogen and oxygen atoms in total. The minimum Gasteiger partial charge on any atom is -0.489 e. The standard InChI is InChI=1S/C23H22N6O4/c1-27-21-20(22(31)28(2)23(27)32)29(15-24-21)13-19(30)26-25-12-17-9-6-10-18(11-17)33-14-16-7-4-3-5-8-16/h3-12,15H,13-14H2,1-2H3,(H,26,30)/p+1. The van der Waals surface area contributed by atoms with E-state index in [2.05, 4.69) is 15.5 Å². The van der Waals surface area contributed by atoms with Crippen LogP contribution in [0.4, 0.5) is 0 Å². The molecular weight excluding hydrogens is 424 g/mol. The zero-order chi connectivity index (χ0) is 23.4.